The molecule has 41 heavy (non-hydrogen) atoms. The van der Waals surface area contributed by atoms with Gasteiger partial charge in [0.2, 0.25) is 12.1 Å². The molecule has 0 bridgehead atoms. The summed E-state index contributed by atoms with van der Waals surface area (Å²) in [6.45, 7) is 1.36. The molecule has 1 amide bonds. The number of carbonyl (C=O) groups excluding carboxylic acids is 1. The lowest BCUT2D eigenvalue weighted by atomic mass is 9.93. The van der Waals surface area contributed by atoms with Gasteiger partial charge in [0, 0.05) is 19.0 Å². The molecule has 1 fully saturated rings. The summed E-state index contributed by atoms with van der Waals surface area (Å²) in [6, 6.07) is 1.13. The van der Waals surface area contributed by atoms with Crippen LogP contribution >= 0.6 is 0 Å². The highest BCUT2D eigenvalue weighted by Gasteiger charge is 2.59. The van der Waals surface area contributed by atoms with E-state index in [4.69, 9.17) is 9.84 Å². The van der Waals surface area contributed by atoms with E-state index in [2.05, 4.69) is 17.2 Å². The number of aliphatic hydroxyl groups is 2. The predicted octanol–water partition coefficient (Wildman–Crippen LogP) is 5.03. The summed E-state index contributed by atoms with van der Waals surface area (Å²) in [5.41, 5.74) is -1.15. The van der Waals surface area contributed by atoms with E-state index in [0.717, 1.165) is 37.9 Å². The smallest absolute Gasteiger partial charge is 0.351 e. The molecule has 4 unspecified atom stereocenters. The number of ether oxygens (including phenoxy) is 1. The Morgan fingerprint density at radius 1 is 1.02 bits per heavy atom. The van der Waals surface area contributed by atoms with Crippen LogP contribution in [0.25, 0.3) is 0 Å². The molecule has 0 aromatic carbocycles. The molecule has 0 aliphatic carbocycles. The number of hydrogen-bond donors (Lipinski definition) is 4. The number of amides is 1. The average Bonchev–Trinajstić information content (AvgIpc) is 3.14. The normalized spacial score (nSPS) is 20.7. The zero-order valence-corrected chi connectivity index (χ0v) is 24.1. The first-order valence-corrected chi connectivity index (χ1v) is 15.0. The van der Waals surface area contributed by atoms with Crippen molar-refractivity contribution in [3.63, 3.8) is 0 Å². The zero-order chi connectivity index (χ0) is 30.3. The number of nitrogens with zero attached hydrogens (tertiary/aromatic N) is 2. The van der Waals surface area contributed by atoms with Crippen LogP contribution in [0.4, 0.5) is 14.6 Å². The minimum atomic E-state index is -3.85. The second-order valence-corrected chi connectivity index (χ2v) is 11.1. The Morgan fingerprint density at radius 3 is 2.07 bits per heavy atom. The summed E-state index contributed by atoms with van der Waals surface area (Å²) in [7, 11) is 0. The van der Waals surface area contributed by atoms with Gasteiger partial charge in [0.05, 0.1) is 6.61 Å². The fourth-order valence-electron chi connectivity index (χ4n) is 5.21. The Balaban J connectivity index is 1.74. The molecule has 1 aliphatic heterocycles. The number of carbonyl (C=O) groups is 2. The summed E-state index contributed by atoms with van der Waals surface area (Å²) < 4.78 is 34.1. The van der Waals surface area contributed by atoms with Gasteiger partial charge in [-0.1, -0.05) is 90.4 Å². The maximum absolute atomic E-state index is 14.3. The number of aromatic nitrogens is 2. The van der Waals surface area contributed by atoms with Gasteiger partial charge in [-0.25, -0.2) is 4.79 Å². The lowest BCUT2D eigenvalue weighted by Gasteiger charge is -2.21. The number of hydrogen-bond acceptors (Lipinski definition) is 7. The number of unbranched alkanes of at least 4 members (excludes halogenated alkanes) is 12. The Morgan fingerprint density at radius 2 is 1.59 bits per heavy atom. The Hall–Kier alpha value is -2.44. The zero-order valence-electron chi connectivity index (χ0n) is 24.1. The van der Waals surface area contributed by atoms with Crippen molar-refractivity contribution in [3.05, 3.63) is 22.7 Å². The van der Waals surface area contributed by atoms with E-state index in [1.165, 1.54) is 57.8 Å². The van der Waals surface area contributed by atoms with Crippen LogP contribution in [0.5, 0.6) is 0 Å². The molecule has 1 saturated heterocycles. The first kappa shape index (κ1) is 34.8. The van der Waals surface area contributed by atoms with E-state index in [9.17, 15) is 33.4 Å². The molecule has 2 heterocycles. The van der Waals surface area contributed by atoms with Crippen molar-refractivity contribution in [2.24, 2.45) is 5.92 Å². The van der Waals surface area contributed by atoms with Crippen LogP contribution in [0.1, 0.15) is 116 Å². The quantitative estimate of drug-likeness (QED) is 0.146. The average molecular weight is 588 g/mol. The number of alkyl halides is 2. The summed E-state index contributed by atoms with van der Waals surface area (Å²) in [5, 5.41) is 30.5. The molecule has 2 rings (SSSR count). The summed E-state index contributed by atoms with van der Waals surface area (Å²) in [6.07, 6.45) is 10.9. The number of anilines is 1. The maximum atomic E-state index is 14.3. The van der Waals surface area contributed by atoms with E-state index in [1.54, 1.807) is 0 Å². The Kier molecular flexibility index (Phi) is 15.4. The van der Waals surface area contributed by atoms with Gasteiger partial charge >= 0.3 is 17.6 Å². The number of aliphatic carboxylic acids is 1. The van der Waals surface area contributed by atoms with E-state index in [1.807, 2.05) is 0 Å². The fourth-order valence-corrected chi connectivity index (χ4v) is 5.21. The van der Waals surface area contributed by atoms with Crippen molar-refractivity contribution < 1.29 is 38.4 Å². The second kappa shape index (κ2) is 18.2. The molecule has 10 nitrogen and oxygen atoms in total. The highest BCUT2D eigenvalue weighted by Crippen LogP contribution is 2.42. The van der Waals surface area contributed by atoms with Crippen molar-refractivity contribution in [3.8, 4) is 0 Å². The van der Waals surface area contributed by atoms with Gasteiger partial charge in [-0.3, -0.25) is 14.2 Å². The Labute approximate surface area is 240 Å². The molecule has 0 radical (unpaired) electrons. The van der Waals surface area contributed by atoms with Crippen molar-refractivity contribution >= 4 is 17.7 Å². The lowest BCUT2D eigenvalue weighted by molar-refractivity contribution is -0.141. The first-order valence-electron chi connectivity index (χ1n) is 15.0. The van der Waals surface area contributed by atoms with Crippen molar-refractivity contribution in [1.29, 1.82) is 0 Å². The minimum absolute atomic E-state index is 0.0799. The van der Waals surface area contributed by atoms with Gasteiger partial charge in [0.15, 0.2) is 6.10 Å². The SMILES string of the molecule is CCCCCCCCCCCCCCCC(CC(=O)O)CC(=O)Nc1ccn(C2OC(CO)C(O)C2(F)F)c(=O)n1. The third-order valence-corrected chi connectivity index (χ3v) is 7.56. The molecule has 4 N–H and O–H groups in total. The first-order chi connectivity index (χ1) is 19.6. The van der Waals surface area contributed by atoms with Crippen LogP contribution in [0.3, 0.4) is 0 Å². The van der Waals surface area contributed by atoms with Gasteiger partial charge in [0.1, 0.15) is 11.9 Å². The third-order valence-electron chi connectivity index (χ3n) is 7.56. The monoisotopic (exact) mass is 587 g/mol. The van der Waals surface area contributed by atoms with Crippen LogP contribution < -0.4 is 11.0 Å². The van der Waals surface area contributed by atoms with Crippen LogP contribution in [-0.2, 0) is 14.3 Å². The lowest BCUT2D eigenvalue weighted by Crippen LogP contribution is -2.41. The molecule has 1 aromatic heterocycles. The standard InChI is InChI=1S/C29H47F2N3O7/c1-2-3-4-5-6-7-8-9-10-11-12-13-14-15-21(19-25(37)38)18-24(36)32-23-16-17-34(28(40)33-23)27-29(30,31)26(39)22(20-35)41-27/h16-17,21-22,26-27,35,39H,2-15,18-20H2,1H3,(H,37,38)(H,32,33,36,40). The van der Waals surface area contributed by atoms with Crippen LogP contribution in [-0.4, -0.2) is 61.5 Å². The predicted molar refractivity (Wildman–Crippen MR) is 150 cm³/mol. The molecule has 0 saturated carbocycles. The molecule has 12 heteroatoms. The fraction of sp³-hybridized carbons (Fsp3) is 0.793. The molecule has 1 aromatic rings. The third kappa shape index (κ3) is 11.8. The molecular weight excluding hydrogens is 540 g/mol. The van der Waals surface area contributed by atoms with E-state index >= 15 is 0 Å². The molecule has 4 atom stereocenters. The van der Waals surface area contributed by atoms with Gasteiger partial charge in [-0.15, -0.1) is 0 Å². The number of carboxylic acid groups (broad SMARTS) is 1. The molecule has 234 valence electrons. The molecule has 1 aliphatic rings. The number of rotatable bonds is 21. The van der Waals surface area contributed by atoms with E-state index in [-0.39, 0.29) is 24.6 Å². The van der Waals surface area contributed by atoms with Crippen LogP contribution in [0.2, 0.25) is 0 Å². The summed E-state index contributed by atoms with van der Waals surface area (Å²) in [5.74, 6) is -5.94. The topological polar surface area (TPSA) is 151 Å². The van der Waals surface area contributed by atoms with Gasteiger partial charge in [-0.2, -0.15) is 13.8 Å². The molecule has 0 spiro atoms. The van der Waals surface area contributed by atoms with Gasteiger partial charge < -0.3 is 25.4 Å². The number of carboxylic acids is 1. The van der Waals surface area contributed by atoms with Crippen molar-refractivity contribution in [1.82, 2.24) is 9.55 Å². The van der Waals surface area contributed by atoms with Gasteiger partial charge in [0.25, 0.3) is 0 Å². The van der Waals surface area contributed by atoms with Crippen molar-refractivity contribution in [2.45, 2.75) is 134 Å². The minimum Gasteiger partial charge on any atom is -0.481 e. The van der Waals surface area contributed by atoms with Crippen LogP contribution in [0, 0.1) is 5.92 Å². The second-order valence-electron chi connectivity index (χ2n) is 11.1. The highest BCUT2D eigenvalue weighted by molar-refractivity contribution is 5.90. The largest absolute Gasteiger partial charge is 0.481 e. The Bertz CT molecular complexity index is 991. The van der Waals surface area contributed by atoms with E-state index < -0.39 is 48.5 Å². The molecular formula is C29H47F2N3O7. The maximum Gasteiger partial charge on any atom is 0.351 e. The number of halogens is 2. The van der Waals surface area contributed by atoms with E-state index in [0.29, 0.717) is 11.0 Å². The highest BCUT2D eigenvalue weighted by atomic mass is 19.3. The number of aliphatic hydroxyl groups excluding tert-OH is 2. The van der Waals surface area contributed by atoms with Gasteiger partial charge in [-0.05, 0) is 18.4 Å². The van der Waals surface area contributed by atoms with Crippen LogP contribution in [0.15, 0.2) is 17.1 Å². The summed E-state index contributed by atoms with van der Waals surface area (Å²) in [4.78, 5) is 39.9. The summed E-state index contributed by atoms with van der Waals surface area (Å²) >= 11 is 0. The number of nitrogens with one attached hydrogen (secondary N) is 1. The van der Waals surface area contributed by atoms with Crippen molar-refractivity contribution in [2.75, 3.05) is 11.9 Å².